The van der Waals surface area contributed by atoms with Gasteiger partial charge in [-0.3, -0.25) is 4.79 Å². The second-order valence-electron chi connectivity index (χ2n) is 6.21. The predicted molar refractivity (Wildman–Crippen MR) is 103 cm³/mol. The van der Waals surface area contributed by atoms with Crippen LogP contribution in [0, 0.1) is 0 Å². The molecule has 1 atom stereocenters. The van der Waals surface area contributed by atoms with Crippen LogP contribution in [0.2, 0.25) is 0 Å². The lowest BCUT2D eigenvalue weighted by atomic mass is 10.0. The van der Waals surface area contributed by atoms with Crippen molar-refractivity contribution in [3.8, 4) is 0 Å². The number of anilines is 1. The molecule has 4 heteroatoms. The third kappa shape index (κ3) is 3.44. The van der Waals surface area contributed by atoms with Crippen molar-refractivity contribution in [3.63, 3.8) is 0 Å². The average Bonchev–Trinajstić information content (AvgIpc) is 2.62. The van der Waals surface area contributed by atoms with Gasteiger partial charge in [-0.1, -0.05) is 36.4 Å². The summed E-state index contributed by atoms with van der Waals surface area (Å²) in [5.41, 5.74) is 15.9. The molecule has 3 rings (SSSR count). The number of ketones is 1. The Balaban J connectivity index is 2.14. The highest BCUT2D eigenvalue weighted by Gasteiger charge is 2.23. The number of nitrogen functional groups attached to an aromatic ring is 1. The summed E-state index contributed by atoms with van der Waals surface area (Å²) >= 11 is 0. The Morgan fingerprint density at radius 1 is 1.08 bits per heavy atom. The summed E-state index contributed by atoms with van der Waals surface area (Å²) in [6.07, 6.45) is 4.03. The smallest absolute Gasteiger partial charge is 0.251 e. The zero-order valence-corrected chi connectivity index (χ0v) is 14.4. The number of hydrogen-bond acceptors (Lipinski definition) is 3. The number of para-hydroxylation sites is 1. The van der Waals surface area contributed by atoms with E-state index in [1.807, 2.05) is 72.3 Å². The lowest BCUT2D eigenvalue weighted by Crippen LogP contribution is -2.42. The topological polar surface area (TPSA) is 73.0 Å². The molecule has 0 aliphatic heterocycles. The zero-order chi connectivity index (χ0) is 18.0. The minimum atomic E-state index is -0.540. The van der Waals surface area contributed by atoms with Crippen LogP contribution in [0.1, 0.15) is 28.5 Å². The van der Waals surface area contributed by atoms with E-state index in [4.69, 9.17) is 11.5 Å². The zero-order valence-electron chi connectivity index (χ0n) is 14.4. The highest BCUT2D eigenvalue weighted by atomic mass is 16.1. The fourth-order valence-electron chi connectivity index (χ4n) is 2.86. The van der Waals surface area contributed by atoms with E-state index in [2.05, 4.69) is 6.07 Å². The van der Waals surface area contributed by atoms with Crippen molar-refractivity contribution >= 4 is 34.5 Å². The minimum absolute atomic E-state index is 0.0737. The van der Waals surface area contributed by atoms with Crippen molar-refractivity contribution < 1.29 is 9.36 Å². The molecule has 1 aromatic heterocycles. The molecule has 0 bridgehead atoms. The number of pyridine rings is 1. The molecule has 4 N–H and O–H groups in total. The van der Waals surface area contributed by atoms with Gasteiger partial charge in [-0.15, -0.1) is 0 Å². The molecule has 25 heavy (non-hydrogen) atoms. The van der Waals surface area contributed by atoms with Gasteiger partial charge >= 0.3 is 0 Å². The first-order valence-corrected chi connectivity index (χ1v) is 8.22. The van der Waals surface area contributed by atoms with E-state index >= 15 is 0 Å². The highest BCUT2D eigenvalue weighted by Crippen LogP contribution is 2.20. The molecule has 0 amide bonds. The van der Waals surface area contributed by atoms with Crippen molar-refractivity contribution in [1.29, 1.82) is 0 Å². The molecule has 3 aromatic rings. The third-order valence-electron chi connectivity index (χ3n) is 4.29. The highest BCUT2D eigenvalue weighted by molar-refractivity contribution is 6.00. The van der Waals surface area contributed by atoms with Crippen LogP contribution in [0.3, 0.4) is 0 Å². The van der Waals surface area contributed by atoms with E-state index in [-0.39, 0.29) is 5.78 Å². The summed E-state index contributed by atoms with van der Waals surface area (Å²) in [6, 6.07) is 17.1. The normalized spacial score (nSPS) is 12.6. The molecule has 2 aromatic carbocycles. The van der Waals surface area contributed by atoms with Gasteiger partial charge in [0.25, 0.3) is 5.69 Å². The van der Waals surface area contributed by atoms with Crippen molar-refractivity contribution in [2.75, 3.05) is 5.73 Å². The maximum Gasteiger partial charge on any atom is 0.251 e. The van der Waals surface area contributed by atoms with Crippen LogP contribution in [-0.2, 0) is 7.05 Å². The number of nitrogens with zero attached hydrogens (tertiary/aromatic N) is 1. The first kappa shape index (κ1) is 16.9. The molecule has 0 aliphatic rings. The lowest BCUT2D eigenvalue weighted by molar-refractivity contribution is -0.647. The maximum atomic E-state index is 12.5. The molecule has 4 nitrogen and oxygen atoms in total. The molecule has 0 saturated heterocycles. The molecule has 0 saturated carbocycles. The van der Waals surface area contributed by atoms with Crippen LogP contribution in [-0.4, -0.2) is 11.8 Å². The van der Waals surface area contributed by atoms with E-state index in [0.29, 0.717) is 5.69 Å². The van der Waals surface area contributed by atoms with Gasteiger partial charge in [0.05, 0.1) is 11.4 Å². The number of nitrogens with two attached hydrogens (primary N) is 2. The molecule has 0 spiro atoms. The second kappa shape index (κ2) is 6.87. The van der Waals surface area contributed by atoms with E-state index in [9.17, 15) is 4.79 Å². The summed E-state index contributed by atoms with van der Waals surface area (Å²) in [6.45, 7) is 1.71. The fourth-order valence-corrected chi connectivity index (χ4v) is 2.86. The number of rotatable bonds is 4. The van der Waals surface area contributed by atoms with Crippen molar-refractivity contribution in [3.05, 3.63) is 71.4 Å². The van der Waals surface area contributed by atoms with Gasteiger partial charge in [-0.05, 0) is 36.2 Å². The maximum absolute atomic E-state index is 12.5. The van der Waals surface area contributed by atoms with Gasteiger partial charge in [0.2, 0.25) is 11.3 Å². The molecule has 0 fully saturated rings. The van der Waals surface area contributed by atoms with Crippen LogP contribution >= 0.6 is 0 Å². The van der Waals surface area contributed by atoms with Crippen LogP contribution < -0.4 is 16.0 Å². The summed E-state index contributed by atoms with van der Waals surface area (Å²) < 4.78 is 1.90. The van der Waals surface area contributed by atoms with E-state index < -0.39 is 6.04 Å². The van der Waals surface area contributed by atoms with Crippen LogP contribution in [0.15, 0.2) is 54.6 Å². The van der Waals surface area contributed by atoms with Crippen LogP contribution in [0.5, 0.6) is 0 Å². The van der Waals surface area contributed by atoms with Gasteiger partial charge in [0.15, 0.2) is 0 Å². The number of benzene rings is 2. The van der Waals surface area contributed by atoms with Crippen LogP contribution in [0.25, 0.3) is 23.1 Å². The Kier molecular flexibility index (Phi) is 4.63. The SMILES string of the molecule is C[C@H](N)C(=O)c1cc(C=Cc2ccc(N)cc2)c2ccccc2[n+]1C. The van der Waals surface area contributed by atoms with Gasteiger partial charge in [-0.2, -0.15) is 4.57 Å². The molecule has 0 unspecified atom stereocenters. The Morgan fingerprint density at radius 2 is 1.76 bits per heavy atom. The Morgan fingerprint density at radius 3 is 2.44 bits per heavy atom. The Hall–Kier alpha value is -2.98. The molecule has 0 aliphatic carbocycles. The lowest BCUT2D eigenvalue weighted by Gasteiger charge is -2.08. The molecule has 0 radical (unpaired) electrons. The second-order valence-corrected chi connectivity index (χ2v) is 6.21. The number of aromatic nitrogens is 1. The largest absolute Gasteiger partial charge is 0.399 e. The molecule has 1 heterocycles. The molecule has 126 valence electrons. The van der Waals surface area contributed by atoms with Gasteiger partial charge in [0, 0.05) is 17.8 Å². The predicted octanol–water partition coefficient (Wildman–Crippen LogP) is 2.95. The summed E-state index contributed by atoms with van der Waals surface area (Å²) in [7, 11) is 1.89. The van der Waals surface area contributed by atoms with Gasteiger partial charge in [0.1, 0.15) is 7.05 Å². The standard InChI is InChI=1S/C21H21N3O/c1-14(22)21(25)20-13-16(10-7-15-8-11-17(23)12-9-15)18-5-3-4-6-19(18)24(20)2/h3-14,23H,22H2,1-2H3/p+1/t14-/m0/s1. The van der Waals surface area contributed by atoms with Crippen molar-refractivity contribution in [2.24, 2.45) is 12.8 Å². The molecular formula is C21H22N3O+. The summed E-state index contributed by atoms with van der Waals surface area (Å²) in [5.74, 6) is -0.0737. The van der Waals surface area contributed by atoms with Gasteiger partial charge in [-0.25, -0.2) is 0 Å². The molecular weight excluding hydrogens is 310 g/mol. The van der Waals surface area contributed by atoms with Crippen LogP contribution in [0.4, 0.5) is 5.69 Å². The quantitative estimate of drug-likeness (QED) is 0.438. The summed E-state index contributed by atoms with van der Waals surface area (Å²) in [4.78, 5) is 12.5. The van der Waals surface area contributed by atoms with E-state index in [0.717, 1.165) is 27.7 Å². The number of carbonyl (C=O) groups is 1. The fraction of sp³-hybridized carbons (Fsp3) is 0.143. The first-order chi connectivity index (χ1) is 12.0. The number of fused-ring (bicyclic) bond motifs is 1. The van der Waals surface area contributed by atoms with E-state index in [1.165, 1.54) is 0 Å². The van der Waals surface area contributed by atoms with E-state index in [1.54, 1.807) is 6.92 Å². The number of Topliss-reactive ketones (excluding diaryl/α,β-unsaturated/α-hetero) is 1. The number of aryl methyl sites for hydroxylation is 1. The monoisotopic (exact) mass is 332 g/mol. The summed E-state index contributed by atoms with van der Waals surface area (Å²) in [5, 5.41) is 1.08. The third-order valence-corrected chi connectivity index (χ3v) is 4.29. The minimum Gasteiger partial charge on any atom is -0.399 e. The average molecular weight is 332 g/mol. The first-order valence-electron chi connectivity index (χ1n) is 8.22. The number of hydrogen-bond donors (Lipinski definition) is 2. The Labute approximate surface area is 147 Å². The van der Waals surface area contributed by atoms with Gasteiger partial charge < -0.3 is 11.5 Å². The Bertz CT molecular complexity index is 957. The van der Waals surface area contributed by atoms with Crippen molar-refractivity contribution in [2.45, 2.75) is 13.0 Å². The number of carbonyl (C=O) groups excluding carboxylic acids is 1. The van der Waals surface area contributed by atoms with Crippen molar-refractivity contribution in [1.82, 2.24) is 0 Å².